The van der Waals surface area contributed by atoms with Gasteiger partial charge in [-0.25, -0.2) is 0 Å². The Morgan fingerprint density at radius 1 is 1.04 bits per heavy atom. The van der Waals surface area contributed by atoms with Crippen molar-refractivity contribution in [3.8, 4) is 0 Å². The summed E-state index contributed by atoms with van der Waals surface area (Å²) in [5, 5.41) is 13.8. The Labute approximate surface area is 135 Å². The summed E-state index contributed by atoms with van der Waals surface area (Å²) in [6.07, 6.45) is 1.20. The van der Waals surface area contributed by atoms with E-state index in [1.807, 2.05) is 0 Å². The van der Waals surface area contributed by atoms with Crippen molar-refractivity contribution in [2.45, 2.75) is 0 Å². The van der Waals surface area contributed by atoms with Crippen LogP contribution in [0, 0.1) is 10.1 Å². The Morgan fingerprint density at radius 2 is 1.74 bits per heavy atom. The average molecular weight is 329 g/mol. The molecule has 3 rings (SSSR count). The van der Waals surface area contributed by atoms with Crippen LogP contribution < -0.4 is 5.32 Å². The van der Waals surface area contributed by atoms with Gasteiger partial charge in [0.2, 0.25) is 11.6 Å². The lowest BCUT2D eigenvalue weighted by Gasteiger charge is -2.18. The van der Waals surface area contributed by atoms with Crippen LogP contribution in [-0.4, -0.2) is 16.5 Å². The summed E-state index contributed by atoms with van der Waals surface area (Å²) in [6, 6.07) is 10.7. The minimum Gasteiger partial charge on any atom is -0.354 e. The lowest BCUT2D eigenvalue weighted by Crippen LogP contribution is -2.20. The zero-order chi connectivity index (χ0) is 16.6. The highest BCUT2D eigenvalue weighted by molar-refractivity contribution is 6.50. The van der Waals surface area contributed by atoms with Crippen LogP contribution in [0.25, 0.3) is 5.70 Å². The molecule has 0 fully saturated rings. The molecular weight excluding hydrogens is 320 g/mol. The topological polar surface area (TPSA) is 89.3 Å². The third kappa shape index (κ3) is 2.72. The molecule has 0 spiro atoms. The van der Waals surface area contributed by atoms with Crippen LogP contribution in [0.15, 0.2) is 48.5 Å². The molecular formula is C16H9ClN2O4. The van der Waals surface area contributed by atoms with E-state index >= 15 is 0 Å². The fraction of sp³-hybridized carbons (Fsp3) is 0. The molecule has 0 bridgehead atoms. The fourth-order valence-electron chi connectivity index (χ4n) is 2.29. The largest absolute Gasteiger partial charge is 0.354 e. The first kappa shape index (κ1) is 14.9. The number of halogens is 1. The van der Waals surface area contributed by atoms with Gasteiger partial charge in [-0.3, -0.25) is 19.7 Å². The molecule has 1 N–H and O–H groups in total. The number of ketones is 2. The summed E-state index contributed by atoms with van der Waals surface area (Å²) < 4.78 is 0. The zero-order valence-corrected chi connectivity index (χ0v) is 12.3. The maximum atomic E-state index is 11.9. The van der Waals surface area contributed by atoms with E-state index < -0.39 is 16.5 Å². The van der Waals surface area contributed by atoms with E-state index in [0.717, 1.165) is 0 Å². The average Bonchev–Trinajstić information content (AvgIpc) is 2.54. The molecule has 0 unspecified atom stereocenters. The summed E-state index contributed by atoms with van der Waals surface area (Å²) in [5.41, 5.74) is 1.57. The Hall–Kier alpha value is -2.99. The van der Waals surface area contributed by atoms with Gasteiger partial charge in [0.25, 0.3) is 5.69 Å². The quantitative estimate of drug-likeness (QED) is 0.529. The number of nitrogens with one attached hydrogen (secondary N) is 1. The number of allylic oxidation sites excluding steroid dienone is 1. The molecule has 2 aromatic carbocycles. The van der Waals surface area contributed by atoms with Crippen LogP contribution in [0.4, 0.5) is 11.4 Å². The van der Waals surface area contributed by atoms with Crippen LogP contribution >= 0.6 is 11.6 Å². The first-order valence-corrected chi connectivity index (χ1v) is 6.96. The SMILES string of the molecule is O=C1C=C(Nc2ccc([N+](=O)[O-])cc2Cl)c2ccccc2C1=O. The van der Waals surface area contributed by atoms with Crippen LogP contribution in [0.2, 0.25) is 5.02 Å². The molecule has 0 heterocycles. The van der Waals surface area contributed by atoms with Crippen LogP contribution in [0.5, 0.6) is 0 Å². The molecule has 114 valence electrons. The van der Waals surface area contributed by atoms with Gasteiger partial charge >= 0.3 is 0 Å². The summed E-state index contributed by atoms with van der Waals surface area (Å²) in [5.74, 6) is -1.20. The second kappa shape index (κ2) is 5.66. The molecule has 6 nitrogen and oxygen atoms in total. The van der Waals surface area contributed by atoms with Gasteiger partial charge in [-0.15, -0.1) is 0 Å². The minimum atomic E-state index is -0.635. The maximum Gasteiger partial charge on any atom is 0.271 e. The number of carbonyl (C=O) groups is 2. The van der Waals surface area contributed by atoms with E-state index in [1.165, 1.54) is 24.3 Å². The Kier molecular flexibility index (Phi) is 3.67. The Bertz CT molecular complexity index is 889. The van der Waals surface area contributed by atoms with E-state index in [-0.39, 0.29) is 10.7 Å². The Morgan fingerprint density at radius 3 is 2.39 bits per heavy atom. The molecule has 7 heteroatoms. The van der Waals surface area contributed by atoms with Crippen LogP contribution in [0.1, 0.15) is 15.9 Å². The van der Waals surface area contributed by atoms with Gasteiger partial charge in [-0.05, 0) is 6.07 Å². The van der Waals surface area contributed by atoms with E-state index in [1.54, 1.807) is 24.3 Å². The monoisotopic (exact) mass is 328 g/mol. The lowest BCUT2D eigenvalue weighted by atomic mass is 9.92. The molecule has 0 saturated carbocycles. The van der Waals surface area contributed by atoms with Gasteiger partial charge in [-0.1, -0.05) is 35.9 Å². The van der Waals surface area contributed by atoms with Gasteiger partial charge in [0.15, 0.2) is 0 Å². The normalized spacial score (nSPS) is 13.3. The highest BCUT2D eigenvalue weighted by Crippen LogP contribution is 2.31. The highest BCUT2D eigenvalue weighted by Gasteiger charge is 2.25. The Balaban J connectivity index is 2.00. The number of hydrogen-bond donors (Lipinski definition) is 1. The molecule has 0 aliphatic heterocycles. The van der Waals surface area contributed by atoms with Gasteiger partial charge in [-0.2, -0.15) is 0 Å². The molecule has 0 atom stereocenters. The predicted octanol–water partition coefficient (Wildman–Crippen LogP) is 3.47. The van der Waals surface area contributed by atoms with Gasteiger partial charge < -0.3 is 5.32 Å². The van der Waals surface area contributed by atoms with E-state index in [0.29, 0.717) is 22.5 Å². The lowest BCUT2D eigenvalue weighted by molar-refractivity contribution is -0.384. The van der Waals surface area contributed by atoms with Crippen LogP contribution in [0.3, 0.4) is 0 Å². The summed E-state index contributed by atoms with van der Waals surface area (Å²) in [4.78, 5) is 33.9. The number of nitrogens with zero attached hydrogens (tertiary/aromatic N) is 1. The van der Waals surface area contributed by atoms with E-state index in [2.05, 4.69) is 5.32 Å². The maximum absolute atomic E-state index is 11.9. The fourth-order valence-corrected chi connectivity index (χ4v) is 2.51. The molecule has 0 saturated heterocycles. The molecule has 0 aromatic heterocycles. The van der Waals surface area contributed by atoms with Gasteiger partial charge in [0, 0.05) is 29.3 Å². The minimum absolute atomic E-state index is 0.134. The van der Waals surface area contributed by atoms with Crippen molar-refractivity contribution in [1.29, 1.82) is 0 Å². The number of nitro benzene ring substituents is 1. The highest BCUT2D eigenvalue weighted by atomic mass is 35.5. The molecule has 0 amide bonds. The van der Waals surface area contributed by atoms with E-state index in [4.69, 9.17) is 11.6 Å². The van der Waals surface area contributed by atoms with E-state index in [9.17, 15) is 19.7 Å². The third-order valence-electron chi connectivity index (χ3n) is 3.39. The molecule has 2 aromatic rings. The molecule has 1 aliphatic rings. The molecule has 0 radical (unpaired) electrons. The number of benzene rings is 2. The van der Waals surface area contributed by atoms with Crippen molar-refractivity contribution in [2.24, 2.45) is 0 Å². The summed E-state index contributed by atoms with van der Waals surface area (Å²) >= 11 is 6.04. The van der Waals surface area contributed by atoms with Crippen molar-refractivity contribution in [3.63, 3.8) is 0 Å². The molecule has 23 heavy (non-hydrogen) atoms. The van der Waals surface area contributed by atoms with Crippen molar-refractivity contribution in [2.75, 3.05) is 5.32 Å². The number of non-ortho nitro benzene ring substituents is 1. The number of fused-ring (bicyclic) bond motifs is 1. The van der Waals surface area contributed by atoms with Crippen molar-refractivity contribution >= 4 is 40.2 Å². The number of Topliss-reactive ketones (excluding diaryl/α,β-unsaturated/α-hetero) is 1. The van der Waals surface area contributed by atoms with Crippen molar-refractivity contribution < 1.29 is 14.5 Å². The van der Waals surface area contributed by atoms with Crippen molar-refractivity contribution in [1.82, 2.24) is 0 Å². The number of nitro groups is 1. The predicted molar refractivity (Wildman–Crippen MR) is 85.5 cm³/mol. The van der Waals surface area contributed by atoms with Gasteiger partial charge in [0.1, 0.15) is 0 Å². The second-order valence-electron chi connectivity index (χ2n) is 4.84. The number of carbonyl (C=O) groups excluding carboxylic acids is 2. The van der Waals surface area contributed by atoms with Gasteiger partial charge in [0.05, 0.1) is 21.3 Å². The second-order valence-corrected chi connectivity index (χ2v) is 5.25. The van der Waals surface area contributed by atoms with Crippen molar-refractivity contribution in [3.05, 3.63) is 74.8 Å². The first-order valence-electron chi connectivity index (χ1n) is 6.58. The first-order chi connectivity index (χ1) is 11.0. The number of rotatable bonds is 3. The number of anilines is 1. The van der Waals surface area contributed by atoms with Crippen LogP contribution in [-0.2, 0) is 4.79 Å². The number of hydrogen-bond acceptors (Lipinski definition) is 5. The smallest absolute Gasteiger partial charge is 0.271 e. The zero-order valence-electron chi connectivity index (χ0n) is 11.6. The third-order valence-corrected chi connectivity index (χ3v) is 3.71. The molecule has 1 aliphatic carbocycles. The summed E-state index contributed by atoms with van der Waals surface area (Å²) in [6.45, 7) is 0. The standard InChI is InChI=1S/C16H9ClN2O4/c17-12-7-9(19(22)23)5-6-13(12)18-14-8-15(20)16(21)11-4-2-1-3-10(11)14/h1-8,18H. The summed E-state index contributed by atoms with van der Waals surface area (Å²) in [7, 11) is 0.